The summed E-state index contributed by atoms with van der Waals surface area (Å²) in [6.07, 6.45) is -8.23. The number of unbranched alkanes of at least 4 members (excludes halogenated alkanes) is 1. The summed E-state index contributed by atoms with van der Waals surface area (Å²) in [4.78, 5) is 310. The minimum atomic E-state index is -2.22. The van der Waals surface area contributed by atoms with Gasteiger partial charge in [0, 0.05) is 19.5 Å². The summed E-state index contributed by atoms with van der Waals surface area (Å²) in [6.45, 7) is 14.8. The molecule has 0 bridgehead atoms. The Morgan fingerprint density at radius 3 is 1.21 bits per heavy atom. The van der Waals surface area contributed by atoms with Gasteiger partial charge in [0.1, 0.15) is 90.6 Å². The zero-order valence-corrected chi connectivity index (χ0v) is 75.3. The lowest BCUT2D eigenvalue weighted by molar-refractivity contribution is -0.144. The number of carbonyl (C=O) groups is 23. The summed E-state index contributed by atoms with van der Waals surface area (Å²) in [7, 11) is 0. The summed E-state index contributed by atoms with van der Waals surface area (Å²) in [6, 6.07) is -26.9. The molecule has 1 aliphatic heterocycles. The van der Waals surface area contributed by atoms with Crippen LogP contribution in [-0.2, 0) is 110 Å². The number of carbonyl (C=O) groups excluding carboxylic acids is 19. The van der Waals surface area contributed by atoms with Crippen LogP contribution in [0.5, 0.6) is 0 Å². The molecule has 1 rings (SSSR count). The molecule has 0 spiro atoms. The van der Waals surface area contributed by atoms with Crippen LogP contribution in [-0.4, -0.2) is 319 Å². The SMILES string of the molecule is CC(C)C[C@H](NC(=O)CNC(=O)[C@@H]1CCCN1C(=O)[C@H](CCCN=C(N)N)NC(=O)[C@H](CC(=O)O)NC(=O)[C@@H](NC(=O)[C@H](CC(N)=O)NC(=O)[C@@H](NC(=O)[C@H](CC(=O)O)NC(=O)CNC(=O)[C@@H](NC(=O)[C@@H](NC(=O)[C@H](C)NC(=O)[C@@H](N)CCC(N)=O)[C@@H](C)O)C(C)C)C(C)C)[C@H](C)O)C(=O)N[C@@H](C)C(=O)N[C@@H](CC(=O)O)C(=O)N[C@@H](CC(C)C)C(=O)N[C@@H](CCCCN)C(=O)O. The average Bonchev–Trinajstić information content (AvgIpc) is 1.73. The van der Waals surface area contributed by atoms with Crippen LogP contribution in [0.4, 0.5) is 0 Å². The van der Waals surface area contributed by atoms with Gasteiger partial charge in [0.05, 0.1) is 57.0 Å². The lowest BCUT2D eigenvalue weighted by atomic mass is 10.0. The number of hydrogen-bond donors (Lipinski definition) is 28. The number of nitrogens with zero attached hydrogens (tertiary/aromatic N) is 2. The van der Waals surface area contributed by atoms with E-state index in [1.54, 1.807) is 27.7 Å². The number of aliphatic hydroxyl groups excluding tert-OH is 2. The van der Waals surface area contributed by atoms with Gasteiger partial charge in [-0.15, -0.1) is 0 Å². The number of carboxylic acid groups (broad SMARTS) is 4. The maximum absolute atomic E-state index is 14.6. The third-order valence-electron chi connectivity index (χ3n) is 19.8. The first kappa shape index (κ1) is 116. The maximum atomic E-state index is 14.6. The summed E-state index contributed by atoms with van der Waals surface area (Å²) >= 11 is 0. The Hall–Kier alpha value is -13.1. The predicted octanol–water partition coefficient (Wildman–Crippen LogP) is -11.6. The van der Waals surface area contributed by atoms with E-state index in [0.717, 1.165) is 18.7 Å². The number of amides is 19. The molecule has 1 saturated heterocycles. The van der Waals surface area contributed by atoms with Crippen LogP contribution >= 0.6 is 0 Å². The number of guanidine groups is 1. The van der Waals surface area contributed by atoms with Crippen molar-refractivity contribution in [3.8, 4) is 0 Å². The van der Waals surface area contributed by atoms with Crippen molar-refractivity contribution < 1.29 is 141 Å². The van der Waals surface area contributed by atoms with E-state index in [0.29, 0.717) is 12.8 Å². The zero-order valence-electron chi connectivity index (χ0n) is 75.3. The third-order valence-corrected chi connectivity index (χ3v) is 19.8. The highest BCUT2D eigenvalue weighted by atomic mass is 16.4. The fraction of sp³-hybridized carbons (Fsp3) is 0.692. The Balaban J connectivity index is 3.43. The van der Waals surface area contributed by atoms with E-state index in [1.807, 2.05) is 0 Å². The molecule has 0 aromatic heterocycles. The number of likely N-dealkylation sites (tertiary alicyclic amines) is 1. The molecular formula is C78H132N24O29. The van der Waals surface area contributed by atoms with Gasteiger partial charge in [-0.3, -0.25) is 110 Å². The fourth-order valence-electron chi connectivity index (χ4n) is 12.8. The van der Waals surface area contributed by atoms with Crippen LogP contribution in [0.3, 0.4) is 0 Å². The predicted molar refractivity (Wildman–Crippen MR) is 459 cm³/mol. The van der Waals surface area contributed by atoms with Crippen LogP contribution < -0.4 is 119 Å². The third kappa shape index (κ3) is 43.7. The molecule has 0 unspecified atom stereocenters. The van der Waals surface area contributed by atoms with Crippen molar-refractivity contribution in [2.75, 3.05) is 32.7 Å². The lowest BCUT2D eigenvalue weighted by Crippen LogP contribution is -2.62. The molecule has 131 heavy (non-hydrogen) atoms. The first-order valence-electron chi connectivity index (χ1n) is 42.3. The highest BCUT2D eigenvalue weighted by molar-refractivity contribution is 6.03. The molecule has 0 saturated carbocycles. The van der Waals surface area contributed by atoms with Gasteiger partial charge in [0.15, 0.2) is 5.96 Å². The second-order valence-corrected chi connectivity index (χ2v) is 33.0. The van der Waals surface area contributed by atoms with Crippen molar-refractivity contribution in [2.24, 2.45) is 63.1 Å². The molecule has 34 N–H and O–H groups in total. The van der Waals surface area contributed by atoms with Crippen molar-refractivity contribution in [3.63, 3.8) is 0 Å². The van der Waals surface area contributed by atoms with Crippen molar-refractivity contribution in [3.05, 3.63) is 0 Å². The van der Waals surface area contributed by atoms with E-state index in [2.05, 4.69) is 90.1 Å². The normalized spacial score (nSPS) is 16.2. The summed E-state index contributed by atoms with van der Waals surface area (Å²) in [5.41, 5.74) is 32.8. The van der Waals surface area contributed by atoms with Gasteiger partial charge in [0.25, 0.3) is 0 Å². The molecule has 1 aliphatic rings. The van der Waals surface area contributed by atoms with Crippen LogP contribution in [0.2, 0.25) is 0 Å². The van der Waals surface area contributed by atoms with Crippen molar-refractivity contribution in [1.82, 2.24) is 90.0 Å². The van der Waals surface area contributed by atoms with Gasteiger partial charge >= 0.3 is 23.9 Å². The Bertz CT molecular complexity index is 4070. The Labute approximate surface area is 754 Å². The molecule has 53 heteroatoms. The van der Waals surface area contributed by atoms with E-state index in [4.69, 9.17) is 34.4 Å². The van der Waals surface area contributed by atoms with Crippen molar-refractivity contribution in [2.45, 2.75) is 288 Å². The monoisotopic (exact) mass is 1870 g/mol. The second-order valence-electron chi connectivity index (χ2n) is 33.0. The maximum Gasteiger partial charge on any atom is 0.326 e. The van der Waals surface area contributed by atoms with E-state index in [1.165, 1.54) is 41.5 Å². The highest BCUT2D eigenvalue weighted by Crippen LogP contribution is 2.21. The van der Waals surface area contributed by atoms with Crippen LogP contribution in [0, 0.1) is 23.7 Å². The molecule has 0 aromatic rings. The standard InChI is InChI=1S/C78H132N24O29/c1-33(2)25-44(65(118)89-37(9)62(115)94-48(29-56(111)112)68(121)95-45(26-34(3)4)66(119)93-43(77(130)131)17-13-14-22-79)90-53(107)31-86-71(124)50-19-16-24-102(50)76(129)42(18-15-23-85-78(83)84)92-67(120)49(30-57(113)114)97-74(127)60(39(11)103)101-69(122)46(27-52(82)106)96-73(126)59(36(7)8)98-70(123)47(28-55(109)110)91-54(108)32-87-72(125)58(35(5)6)99-75(128)61(40(12)104)100-63(116)38(10)88-64(117)41(80)20-21-51(81)105/h33-50,58-61,103-104H,13-32,79-80H2,1-12H3,(H2,81,105)(H2,82,106)(H,86,124)(H,87,125)(H,88,117)(H,89,118)(H,90,107)(H,91,108)(H,92,120)(H,93,119)(H,94,115)(H,95,121)(H,96,126)(H,97,127)(H,98,123)(H,99,128)(H,100,116)(H,101,122)(H,109,110)(H,111,112)(H,113,114)(H,130,131)(H4,83,84,85)/t37-,38-,39-,40+,41-,42-,43-,44-,45-,46-,47-,48-,49-,50-,58-,59-,60-,61-/m0/s1. The van der Waals surface area contributed by atoms with Gasteiger partial charge in [-0.05, 0) is 122 Å². The van der Waals surface area contributed by atoms with Crippen LogP contribution in [0.15, 0.2) is 4.99 Å². The zero-order chi connectivity index (χ0) is 100. The van der Waals surface area contributed by atoms with Gasteiger partial charge < -0.3 is 155 Å². The number of primary amides is 2. The Morgan fingerprint density at radius 2 is 0.748 bits per heavy atom. The number of aliphatic carboxylic acids is 4. The molecule has 1 heterocycles. The molecule has 18 atom stereocenters. The van der Waals surface area contributed by atoms with Gasteiger partial charge in [-0.25, -0.2) is 4.79 Å². The van der Waals surface area contributed by atoms with Gasteiger partial charge in [-0.1, -0.05) is 55.4 Å². The number of carboxylic acids is 4. The Kier molecular flexibility index (Phi) is 51.1. The number of nitrogens with one attached hydrogen (secondary N) is 16. The molecule has 738 valence electrons. The van der Waals surface area contributed by atoms with E-state index >= 15 is 0 Å². The number of hydrogen-bond acceptors (Lipinski definition) is 28. The summed E-state index contributed by atoms with van der Waals surface area (Å²) < 4.78 is 0. The summed E-state index contributed by atoms with van der Waals surface area (Å²) in [5.74, 6) is -30.5. The first-order chi connectivity index (χ1) is 60.9. The van der Waals surface area contributed by atoms with E-state index < -0.39 is 296 Å². The average molecular weight is 1870 g/mol. The van der Waals surface area contributed by atoms with Gasteiger partial charge in [-0.2, -0.15) is 0 Å². The molecule has 19 amide bonds. The first-order valence-corrected chi connectivity index (χ1v) is 42.3. The minimum absolute atomic E-state index is 0.00580. The molecule has 1 fully saturated rings. The van der Waals surface area contributed by atoms with Gasteiger partial charge in [0.2, 0.25) is 112 Å². The molecule has 53 nitrogen and oxygen atoms in total. The topological polar surface area (TPSA) is 878 Å². The lowest BCUT2D eigenvalue weighted by Gasteiger charge is -2.30. The molecule has 0 radical (unpaired) electrons. The minimum Gasteiger partial charge on any atom is -0.481 e. The van der Waals surface area contributed by atoms with Crippen LogP contribution in [0.1, 0.15) is 179 Å². The number of nitrogens with two attached hydrogens (primary N) is 6. The van der Waals surface area contributed by atoms with E-state index in [-0.39, 0.29) is 95.2 Å². The molecular weight excluding hydrogens is 1740 g/mol. The highest BCUT2D eigenvalue weighted by Gasteiger charge is 2.43. The number of rotatable bonds is 61. The van der Waals surface area contributed by atoms with E-state index in [9.17, 15) is 141 Å². The van der Waals surface area contributed by atoms with Crippen molar-refractivity contribution >= 4 is 142 Å². The van der Waals surface area contributed by atoms with Crippen LogP contribution in [0.25, 0.3) is 0 Å². The smallest absolute Gasteiger partial charge is 0.326 e. The summed E-state index contributed by atoms with van der Waals surface area (Å²) in [5, 5.41) is 97.0. The number of aliphatic hydroxyl groups is 2. The molecule has 0 aliphatic carbocycles. The second kappa shape index (κ2) is 57.8. The fourth-order valence-corrected chi connectivity index (χ4v) is 12.8. The number of aliphatic imine (C=N–C) groups is 1. The largest absolute Gasteiger partial charge is 0.481 e. The Morgan fingerprint density at radius 1 is 0.382 bits per heavy atom. The quantitative estimate of drug-likeness (QED) is 0.0153. The molecule has 0 aromatic carbocycles. The van der Waals surface area contributed by atoms with Crippen molar-refractivity contribution in [1.29, 1.82) is 0 Å².